The van der Waals surface area contributed by atoms with Crippen LogP contribution >= 0.6 is 0 Å². The molecule has 0 aliphatic heterocycles. The van der Waals surface area contributed by atoms with E-state index in [4.69, 9.17) is 5.73 Å². The highest BCUT2D eigenvalue weighted by Crippen LogP contribution is 2.14. The number of H-pyrrole nitrogens is 1. The lowest BCUT2D eigenvalue weighted by atomic mass is 10.1. The third-order valence-electron chi connectivity index (χ3n) is 2.63. The fourth-order valence-corrected chi connectivity index (χ4v) is 1.73. The van der Waals surface area contributed by atoms with Gasteiger partial charge in [0.05, 0.1) is 0 Å². The summed E-state index contributed by atoms with van der Waals surface area (Å²) >= 11 is 0. The number of nitrogen functional groups attached to an aromatic ring is 1. The summed E-state index contributed by atoms with van der Waals surface area (Å²) in [6.07, 6.45) is 7.32. The van der Waals surface area contributed by atoms with Gasteiger partial charge in [-0.05, 0) is 6.42 Å². The summed E-state index contributed by atoms with van der Waals surface area (Å²) in [5, 5.41) is 0. The lowest BCUT2D eigenvalue weighted by Crippen LogP contribution is -1.92. The number of aromatic nitrogens is 4. The van der Waals surface area contributed by atoms with Gasteiger partial charge in [0.2, 0.25) is 0 Å². The lowest BCUT2D eigenvalue weighted by Gasteiger charge is -1.95. The maximum atomic E-state index is 5.72. The van der Waals surface area contributed by atoms with Crippen molar-refractivity contribution in [2.24, 2.45) is 0 Å². The number of rotatable bonds is 5. The van der Waals surface area contributed by atoms with Crippen LogP contribution in [-0.4, -0.2) is 19.9 Å². The van der Waals surface area contributed by atoms with E-state index in [9.17, 15) is 0 Å². The van der Waals surface area contributed by atoms with E-state index in [1.807, 2.05) is 0 Å². The number of aromatic amines is 1. The van der Waals surface area contributed by atoms with Crippen LogP contribution in [0.5, 0.6) is 0 Å². The van der Waals surface area contributed by atoms with Gasteiger partial charge in [0, 0.05) is 6.42 Å². The van der Waals surface area contributed by atoms with Gasteiger partial charge in [0.25, 0.3) is 0 Å². The molecule has 0 aliphatic rings. The number of fused-ring (bicyclic) bond motifs is 1. The second-order valence-corrected chi connectivity index (χ2v) is 3.95. The minimum Gasteiger partial charge on any atom is -0.382 e. The zero-order chi connectivity index (χ0) is 11.4. The Morgan fingerprint density at radius 1 is 1.25 bits per heavy atom. The van der Waals surface area contributed by atoms with E-state index >= 15 is 0 Å². The van der Waals surface area contributed by atoms with Gasteiger partial charge in [-0.25, -0.2) is 15.0 Å². The summed E-state index contributed by atoms with van der Waals surface area (Å²) in [6.45, 7) is 2.21. The Bertz CT molecular complexity index is 462. The Morgan fingerprint density at radius 3 is 2.88 bits per heavy atom. The molecule has 2 aromatic heterocycles. The average molecular weight is 219 g/mol. The Balaban J connectivity index is 2.05. The highest BCUT2D eigenvalue weighted by Gasteiger charge is 2.06. The maximum absolute atomic E-state index is 5.72. The molecule has 16 heavy (non-hydrogen) atoms. The Kier molecular flexibility index (Phi) is 3.34. The van der Waals surface area contributed by atoms with Crippen molar-refractivity contribution in [3.8, 4) is 0 Å². The molecule has 0 saturated carbocycles. The average Bonchev–Trinajstić information content (AvgIpc) is 2.69. The molecule has 0 atom stereocenters. The normalized spacial score (nSPS) is 11.1. The van der Waals surface area contributed by atoms with Crippen molar-refractivity contribution in [3.05, 3.63) is 12.2 Å². The van der Waals surface area contributed by atoms with Crippen molar-refractivity contribution in [1.29, 1.82) is 0 Å². The molecule has 0 fully saturated rings. The molecule has 0 radical (unpaired) electrons. The zero-order valence-corrected chi connectivity index (χ0v) is 9.53. The number of nitrogens with two attached hydrogens (primary N) is 1. The predicted octanol–water partition coefficient (Wildman–Crippen LogP) is 2.06. The lowest BCUT2D eigenvalue weighted by molar-refractivity contribution is 0.656. The summed E-state index contributed by atoms with van der Waals surface area (Å²) in [4.78, 5) is 15.6. The van der Waals surface area contributed by atoms with Crippen LogP contribution in [0.2, 0.25) is 0 Å². The number of aryl methyl sites for hydroxylation is 1. The van der Waals surface area contributed by atoms with Crippen molar-refractivity contribution >= 4 is 17.0 Å². The van der Waals surface area contributed by atoms with Crippen LogP contribution in [0.3, 0.4) is 0 Å². The summed E-state index contributed by atoms with van der Waals surface area (Å²) in [5.41, 5.74) is 7.15. The quantitative estimate of drug-likeness (QED) is 0.754. The van der Waals surface area contributed by atoms with E-state index in [1.165, 1.54) is 25.6 Å². The first-order valence-corrected chi connectivity index (χ1v) is 5.76. The molecule has 2 heterocycles. The fraction of sp³-hybridized carbons (Fsp3) is 0.545. The van der Waals surface area contributed by atoms with Crippen LogP contribution in [0, 0.1) is 0 Å². The van der Waals surface area contributed by atoms with Gasteiger partial charge < -0.3 is 10.7 Å². The predicted molar refractivity (Wildman–Crippen MR) is 63.9 cm³/mol. The Hall–Kier alpha value is -1.65. The molecule has 0 unspecified atom stereocenters. The van der Waals surface area contributed by atoms with Gasteiger partial charge in [-0.3, -0.25) is 0 Å². The van der Waals surface area contributed by atoms with E-state index in [-0.39, 0.29) is 0 Å². The summed E-state index contributed by atoms with van der Waals surface area (Å²) in [5.74, 6) is 1.43. The molecule has 0 aliphatic carbocycles. The van der Waals surface area contributed by atoms with Crippen molar-refractivity contribution in [2.45, 2.75) is 39.0 Å². The van der Waals surface area contributed by atoms with Crippen LogP contribution < -0.4 is 5.73 Å². The first-order chi connectivity index (χ1) is 7.81. The molecule has 0 bridgehead atoms. The number of nitrogens with zero attached hydrogens (tertiary/aromatic N) is 3. The summed E-state index contributed by atoms with van der Waals surface area (Å²) in [6, 6.07) is 0. The Morgan fingerprint density at radius 2 is 2.12 bits per heavy atom. The molecule has 5 nitrogen and oxygen atoms in total. The van der Waals surface area contributed by atoms with Gasteiger partial charge in [-0.15, -0.1) is 0 Å². The van der Waals surface area contributed by atoms with Crippen molar-refractivity contribution < 1.29 is 0 Å². The highest BCUT2D eigenvalue weighted by atomic mass is 15.0. The molecule has 0 spiro atoms. The van der Waals surface area contributed by atoms with Crippen LogP contribution in [0.25, 0.3) is 11.2 Å². The van der Waals surface area contributed by atoms with Gasteiger partial charge in [0.1, 0.15) is 17.7 Å². The first kappa shape index (κ1) is 10.9. The minimum absolute atomic E-state index is 0.470. The standard InChI is InChI=1S/C11H17N5/c1-2-3-4-5-6-8-15-9-10(12)13-7-14-11(9)16-8/h7H,2-6H2,1H3,(H3,12,13,14,15,16). The number of unbranched alkanes of at least 4 members (excludes halogenated alkanes) is 3. The number of imidazole rings is 1. The molecule has 5 heteroatoms. The minimum atomic E-state index is 0.470. The van der Waals surface area contributed by atoms with Crippen molar-refractivity contribution in [2.75, 3.05) is 5.73 Å². The molecular weight excluding hydrogens is 202 g/mol. The van der Waals surface area contributed by atoms with E-state index in [0.29, 0.717) is 11.5 Å². The fourth-order valence-electron chi connectivity index (χ4n) is 1.73. The molecule has 2 aromatic rings. The van der Waals surface area contributed by atoms with Gasteiger partial charge in [-0.1, -0.05) is 26.2 Å². The number of anilines is 1. The first-order valence-electron chi connectivity index (χ1n) is 5.76. The van der Waals surface area contributed by atoms with Crippen LogP contribution in [-0.2, 0) is 6.42 Å². The molecule has 0 aromatic carbocycles. The van der Waals surface area contributed by atoms with E-state index in [2.05, 4.69) is 26.9 Å². The Labute approximate surface area is 94.5 Å². The van der Waals surface area contributed by atoms with Gasteiger partial charge in [-0.2, -0.15) is 0 Å². The second-order valence-electron chi connectivity index (χ2n) is 3.95. The molecule has 3 N–H and O–H groups in total. The van der Waals surface area contributed by atoms with Crippen LogP contribution in [0.15, 0.2) is 6.33 Å². The molecular formula is C11H17N5. The maximum Gasteiger partial charge on any atom is 0.183 e. The van der Waals surface area contributed by atoms with Gasteiger partial charge >= 0.3 is 0 Å². The van der Waals surface area contributed by atoms with Gasteiger partial charge in [0.15, 0.2) is 11.5 Å². The molecule has 2 rings (SSSR count). The van der Waals surface area contributed by atoms with Crippen LogP contribution in [0.1, 0.15) is 38.4 Å². The number of nitrogens with one attached hydrogen (secondary N) is 1. The molecule has 0 saturated heterocycles. The topological polar surface area (TPSA) is 80.5 Å². The van der Waals surface area contributed by atoms with E-state index < -0.39 is 0 Å². The smallest absolute Gasteiger partial charge is 0.183 e. The van der Waals surface area contributed by atoms with Crippen LogP contribution in [0.4, 0.5) is 5.82 Å². The SMILES string of the molecule is CCCCCCc1nc2ncnc(N)c2[nH]1. The zero-order valence-electron chi connectivity index (χ0n) is 9.53. The summed E-state index contributed by atoms with van der Waals surface area (Å²) < 4.78 is 0. The van der Waals surface area contributed by atoms with E-state index in [0.717, 1.165) is 24.2 Å². The van der Waals surface area contributed by atoms with E-state index in [1.54, 1.807) is 0 Å². The largest absolute Gasteiger partial charge is 0.382 e. The molecule has 86 valence electrons. The monoisotopic (exact) mass is 219 g/mol. The highest BCUT2D eigenvalue weighted by molar-refractivity contribution is 5.80. The molecule has 0 amide bonds. The van der Waals surface area contributed by atoms with Crippen molar-refractivity contribution in [3.63, 3.8) is 0 Å². The second kappa shape index (κ2) is 4.92. The summed E-state index contributed by atoms with van der Waals surface area (Å²) in [7, 11) is 0. The van der Waals surface area contributed by atoms with Crippen molar-refractivity contribution in [1.82, 2.24) is 19.9 Å². The number of hydrogen-bond acceptors (Lipinski definition) is 4. The third-order valence-corrected chi connectivity index (χ3v) is 2.63. The number of hydrogen-bond donors (Lipinski definition) is 2. The third kappa shape index (κ3) is 2.29.